The molecular weight excluding hydrogens is 264 g/mol. The molecule has 0 radical (unpaired) electrons. The van der Waals surface area contributed by atoms with Crippen LogP contribution in [0.25, 0.3) is 0 Å². The monoisotopic (exact) mass is 282 g/mol. The number of benzene rings is 1. The van der Waals surface area contributed by atoms with Gasteiger partial charge in [-0.15, -0.1) is 0 Å². The fourth-order valence-electron chi connectivity index (χ4n) is 2.19. The summed E-state index contributed by atoms with van der Waals surface area (Å²) in [6, 6.07) is 16.6. The van der Waals surface area contributed by atoms with E-state index >= 15 is 0 Å². The van der Waals surface area contributed by atoms with E-state index in [0.29, 0.717) is 18.1 Å². The molecule has 2 aromatic rings. The van der Waals surface area contributed by atoms with Crippen LogP contribution >= 0.6 is 0 Å². The fourth-order valence-corrected chi connectivity index (χ4v) is 2.19. The van der Waals surface area contributed by atoms with Crippen LogP contribution in [-0.2, 0) is 6.61 Å². The molecule has 108 valence electrons. The Kier molecular flexibility index (Phi) is 4.20. The van der Waals surface area contributed by atoms with Gasteiger partial charge in [-0.05, 0) is 37.0 Å². The van der Waals surface area contributed by atoms with Gasteiger partial charge in [0, 0.05) is 0 Å². The van der Waals surface area contributed by atoms with Crippen molar-refractivity contribution in [2.24, 2.45) is 0 Å². The summed E-state index contributed by atoms with van der Waals surface area (Å²) in [6.07, 6.45) is 3.50. The highest BCUT2D eigenvalue weighted by atomic mass is 16.5. The first-order chi connectivity index (χ1) is 10.3. The Morgan fingerprint density at radius 2 is 1.67 bits per heavy atom. The van der Waals surface area contributed by atoms with Crippen molar-refractivity contribution in [2.45, 2.75) is 32.0 Å². The van der Waals surface area contributed by atoms with E-state index in [2.05, 4.69) is 0 Å². The molecule has 0 amide bonds. The third-order valence-electron chi connectivity index (χ3n) is 3.63. The molecule has 1 fully saturated rings. The van der Waals surface area contributed by atoms with Gasteiger partial charge < -0.3 is 9.47 Å². The van der Waals surface area contributed by atoms with E-state index in [9.17, 15) is 4.79 Å². The third kappa shape index (κ3) is 3.43. The van der Waals surface area contributed by atoms with E-state index in [-0.39, 0.29) is 11.5 Å². The molecule has 3 rings (SSSR count). The van der Waals surface area contributed by atoms with Crippen LogP contribution in [0.5, 0.6) is 11.5 Å². The highest BCUT2D eigenvalue weighted by molar-refractivity contribution is 5.38. The molecule has 0 aromatic heterocycles. The maximum Gasteiger partial charge on any atom is 0.224 e. The molecule has 0 N–H and O–H groups in total. The summed E-state index contributed by atoms with van der Waals surface area (Å²) in [5.41, 5.74) is 0.878. The van der Waals surface area contributed by atoms with Gasteiger partial charge in [-0.1, -0.05) is 42.5 Å². The molecule has 0 atom stereocenters. The van der Waals surface area contributed by atoms with Gasteiger partial charge in [-0.2, -0.15) is 0 Å². The van der Waals surface area contributed by atoms with Gasteiger partial charge in [-0.25, -0.2) is 0 Å². The lowest BCUT2D eigenvalue weighted by Gasteiger charge is -2.26. The molecule has 1 aliphatic carbocycles. The van der Waals surface area contributed by atoms with Gasteiger partial charge in [-0.3, -0.25) is 4.79 Å². The quantitative estimate of drug-likeness (QED) is 0.841. The molecule has 0 unspecified atom stereocenters. The van der Waals surface area contributed by atoms with Gasteiger partial charge in [0.15, 0.2) is 5.75 Å². The van der Waals surface area contributed by atoms with E-state index in [1.54, 1.807) is 12.1 Å². The third-order valence-corrected chi connectivity index (χ3v) is 3.63. The summed E-state index contributed by atoms with van der Waals surface area (Å²) in [4.78, 5) is 12.1. The van der Waals surface area contributed by atoms with Crippen LogP contribution in [0.2, 0.25) is 0 Å². The van der Waals surface area contributed by atoms with Crippen molar-refractivity contribution < 1.29 is 9.47 Å². The van der Waals surface area contributed by atoms with Crippen LogP contribution < -0.4 is 14.9 Å². The molecule has 0 heterocycles. The summed E-state index contributed by atoms with van der Waals surface area (Å²) in [5.74, 6) is 0.849. The Labute approximate surface area is 124 Å². The van der Waals surface area contributed by atoms with E-state index in [1.165, 1.54) is 12.5 Å². The zero-order valence-electron chi connectivity index (χ0n) is 11.8. The topological polar surface area (TPSA) is 35.5 Å². The van der Waals surface area contributed by atoms with Crippen molar-refractivity contribution in [3.8, 4) is 11.5 Å². The molecular formula is C18H18O3. The minimum atomic E-state index is -0.148. The highest BCUT2D eigenvalue weighted by Gasteiger charge is 2.21. The zero-order chi connectivity index (χ0) is 14.5. The van der Waals surface area contributed by atoms with Crippen molar-refractivity contribution in [1.82, 2.24) is 0 Å². The Morgan fingerprint density at radius 3 is 2.38 bits per heavy atom. The van der Waals surface area contributed by atoms with Gasteiger partial charge in [0.1, 0.15) is 6.61 Å². The van der Waals surface area contributed by atoms with E-state index in [1.807, 2.05) is 36.4 Å². The van der Waals surface area contributed by atoms with Crippen LogP contribution in [0, 0.1) is 0 Å². The number of rotatable bonds is 5. The predicted octanol–water partition coefficient (Wildman–Crippen LogP) is 3.56. The fraction of sp³-hybridized carbons (Fsp3) is 0.278. The van der Waals surface area contributed by atoms with Crippen molar-refractivity contribution in [3.05, 3.63) is 70.4 Å². The molecule has 21 heavy (non-hydrogen) atoms. The summed E-state index contributed by atoms with van der Waals surface area (Å²) >= 11 is 0. The second-order valence-electron chi connectivity index (χ2n) is 5.22. The van der Waals surface area contributed by atoms with Crippen molar-refractivity contribution in [2.75, 3.05) is 0 Å². The first-order valence-corrected chi connectivity index (χ1v) is 7.29. The Morgan fingerprint density at radius 1 is 0.952 bits per heavy atom. The van der Waals surface area contributed by atoms with Crippen molar-refractivity contribution in [1.29, 1.82) is 0 Å². The molecule has 2 aromatic carbocycles. The van der Waals surface area contributed by atoms with E-state index < -0.39 is 0 Å². The summed E-state index contributed by atoms with van der Waals surface area (Å²) in [7, 11) is 0. The average molecular weight is 282 g/mol. The molecule has 3 heteroatoms. The summed E-state index contributed by atoms with van der Waals surface area (Å²) in [6.45, 7) is 0.362. The maximum atomic E-state index is 12.1. The minimum Gasteiger partial charge on any atom is -0.486 e. The Balaban J connectivity index is 1.82. The second kappa shape index (κ2) is 6.44. The van der Waals surface area contributed by atoms with Gasteiger partial charge in [0.25, 0.3) is 0 Å². The summed E-state index contributed by atoms with van der Waals surface area (Å²) < 4.78 is 11.6. The zero-order valence-corrected chi connectivity index (χ0v) is 11.8. The molecule has 1 aliphatic rings. The number of hydrogen-bond donors (Lipinski definition) is 0. The lowest BCUT2D eigenvalue weighted by Crippen LogP contribution is -2.25. The lowest BCUT2D eigenvalue weighted by atomic mass is 9.96. The molecule has 1 saturated carbocycles. The Bertz CT molecular complexity index is 648. The average Bonchev–Trinajstić information content (AvgIpc) is 2.64. The van der Waals surface area contributed by atoms with Crippen LogP contribution in [0.1, 0.15) is 24.8 Å². The minimum absolute atomic E-state index is 0.148. The highest BCUT2D eigenvalue weighted by Crippen LogP contribution is 2.29. The van der Waals surface area contributed by atoms with E-state index in [0.717, 1.165) is 18.4 Å². The van der Waals surface area contributed by atoms with Crippen molar-refractivity contribution in [3.63, 3.8) is 0 Å². The number of ether oxygens (including phenoxy) is 2. The van der Waals surface area contributed by atoms with Gasteiger partial charge >= 0.3 is 0 Å². The lowest BCUT2D eigenvalue weighted by molar-refractivity contribution is 0.114. The van der Waals surface area contributed by atoms with Gasteiger partial charge in [0.05, 0.1) is 6.10 Å². The molecule has 0 aliphatic heterocycles. The second-order valence-corrected chi connectivity index (χ2v) is 5.22. The normalized spacial score (nSPS) is 14.3. The maximum absolute atomic E-state index is 12.1. The van der Waals surface area contributed by atoms with Crippen molar-refractivity contribution >= 4 is 0 Å². The molecule has 3 nitrogen and oxygen atoms in total. The van der Waals surface area contributed by atoms with E-state index in [4.69, 9.17) is 9.47 Å². The first-order valence-electron chi connectivity index (χ1n) is 7.29. The SMILES string of the molecule is O=c1ccccc(OC2CCC2)c1OCc1ccccc1. The smallest absolute Gasteiger partial charge is 0.224 e. The van der Waals surface area contributed by atoms with Crippen LogP contribution in [0.15, 0.2) is 59.4 Å². The van der Waals surface area contributed by atoms with Crippen LogP contribution in [0.3, 0.4) is 0 Å². The summed E-state index contributed by atoms with van der Waals surface area (Å²) in [5, 5.41) is 0. The molecule has 0 spiro atoms. The largest absolute Gasteiger partial charge is 0.486 e. The standard InChI is InChI=1S/C18H18O3/c19-16-11-4-5-12-17(21-15-9-6-10-15)18(16)20-13-14-7-2-1-3-8-14/h1-5,7-8,11-12,15H,6,9-10,13H2. The molecule has 0 bridgehead atoms. The molecule has 0 saturated heterocycles. The first kappa shape index (κ1) is 13.7. The van der Waals surface area contributed by atoms with Crippen LogP contribution in [0.4, 0.5) is 0 Å². The van der Waals surface area contributed by atoms with Crippen LogP contribution in [-0.4, -0.2) is 6.10 Å². The number of hydrogen-bond acceptors (Lipinski definition) is 3. The Hall–Kier alpha value is -2.29. The predicted molar refractivity (Wildman–Crippen MR) is 81.8 cm³/mol. The van der Waals surface area contributed by atoms with Gasteiger partial charge in [0.2, 0.25) is 11.2 Å².